The number of nitrogens with one attached hydrogen (secondary N) is 1. The molecule has 24 heavy (non-hydrogen) atoms. The van der Waals surface area contributed by atoms with E-state index in [0.717, 1.165) is 27.6 Å². The molecule has 1 aromatic heterocycles. The van der Waals surface area contributed by atoms with Gasteiger partial charge >= 0.3 is 0 Å². The van der Waals surface area contributed by atoms with Crippen molar-refractivity contribution in [2.75, 3.05) is 6.54 Å². The van der Waals surface area contributed by atoms with Crippen molar-refractivity contribution in [3.8, 4) is 11.1 Å². The van der Waals surface area contributed by atoms with Crippen LogP contribution in [0.25, 0.3) is 22.0 Å². The molecule has 0 aliphatic heterocycles. The number of pyridine rings is 1. The molecule has 0 bridgehead atoms. The fourth-order valence-corrected chi connectivity index (χ4v) is 2.69. The van der Waals surface area contributed by atoms with Gasteiger partial charge in [0.25, 0.3) is 0 Å². The summed E-state index contributed by atoms with van der Waals surface area (Å²) in [5.74, 6) is -0.194. The summed E-state index contributed by atoms with van der Waals surface area (Å²) in [7, 11) is 0. The van der Waals surface area contributed by atoms with Crippen LogP contribution in [0.2, 0.25) is 0 Å². The van der Waals surface area contributed by atoms with Crippen molar-refractivity contribution in [1.29, 1.82) is 0 Å². The van der Waals surface area contributed by atoms with Crippen LogP contribution in [0.15, 0.2) is 54.7 Å². The van der Waals surface area contributed by atoms with E-state index in [0.29, 0.717) is 19.4 Å². The van der Waals surface area contributed by atoms with Gasteiger partial charge in [-0.15, -0.1) is 0 Å². The second kappa shape index (κ2) is 7.21. The smallest absolute Gasteiger partial charge is 0.220 e. The number of carbonyl (C=O) groups is 1. The molecule has 0 atom stereocenters. The van der Waals surface area contributed by atoms with Gasteiger partial charge in [0.05, 0.1) is 5.52 Å². The second-order valence-corrected chi connectivity index (χ2v) is 5.71. The number of nitrogens with zero attached hydrogens (tertiary/aromatic N) is 1. The first-order valence-corrected chi connectivity index (χ1v) is 8.07. The van der Waals surface area contributed by atoms with E-state index in [2.05, 4.69) is 10.3 Å². The Bertz CT molecular complexity index is 876. The fraction of sp³-hybridized carbons (Fsp3) is 0.200. The number of aryl methyl sites for hydroxylation is 1. The van der Waals surface area contributed by atoms with E-state index in [9.17, 15) is 9.18 Å². The minimum Gasteiger partial charge on any atom is -0.356 e. The second-order valence-electron chi connectivity index (χ2n) is 5.71. The number of hydrogen-bond acceptors (Lipinski definition) is 2. The summed E-state index contributed by atoms with van der Waals surface area (Å²) >= 11 is 0. The molecule has 0 aliphatic carbocycles. The molecule has 1 amide bonds. The molecule has 3 aromatic rings. The van der Waals surface area contributed by atoms with Gasteiger partial charge in [-0.05, 0) is 48.7 Å². The molecule has 0 fully saturated rings. The maximum Gasteiger partial charge on any atom is 0.220 e. The lowest BCUT2D eigenvalue weighted by Crippen LogP contribution is -2.22. The van der Waals surface area contributed by atoms with E-state index < -0.39 is 0 Å². The average molecular weight is 322 g/mol. The molecule has 4 heteroatoms. The number of halogens is 1. The summed E-state index contributed by atoms with van der Waals surface area (Å²) in [6.45, 7) is 2.56. The van der Waals surface area contributed by atoms with Crippen LogP contribution < -0.4 is 5.32 Å². The van der Waals surface area contributed by atoms with Crippen LogP contribution in [-0.2, 0) is 11.2 Å². The molecule has 0 radical (unpaired) electrons. The number of hydrogen-bond donors (Lipinski definition) is 1. The molecule has 0 saturated heterocycles. The van der Waals surface area contributed by atoms with E-state index in [1.54, 1.807) is 12.3 Å². The maximum atomic E-state index is 13.4. The van der Waals surface area contributed by atoms with Crippen LogP contribution in [0.4, 0.5) is 4.39 Å². The van der Waals surface area contributed by atoms with Crippen molar-refractivity contribution in [1.82, 2.24) is 10.3 Å². The van der Waals surface area contributed by atoms with Gasteiger partial charge < -0.3 is 5.32 Å². The van der Waals surface area contributed by atoms with Crippen molar-refractivity contribution < 1.29 is 9.18 Å². The predicted octanol–water partition coefficient (Wildman–Crippen LogP) is 4.11. The highest BCUT2D eigenvalue weighted by Gasteiger charge is 2.05. The zero-order valence-corrected chi connectivity index (χ0v) is 13.6. The van der Waals surface area contributed by atoms with E-state index >= 15 is 0 Å². The van der Waals surface area contributed by atoms with Crippen LogP contribution in [0.3, 0.4) is 0 Å². The Balaban J connectivity index is 1.82. The lowest BCUT2D eigenvalue weighted by atomic mass is 10.0. The highest BCUT2D eigenvalue weighted by Crippen LogP contribution is 2.24. The van der Waals surface area contributed by atoms with E-state index in [1.807, 2.05) is 37.3 Å². The Labute approximate surface area is 140 Å². The number of carbonyl (C=O) groups excluding carboxylic acids is 1. The zero-order valence-electron chi connectivity index (χ0n) is 13.6. The Morgan fingerprint density at radius 1 is 1.12 bits per heavy atom. The van der Waals surface area contributed by atoms with Gasteiger partial charge in [0, 0.05) is 30.1 Å². The Kier molecular flexibility index (Phi) is 4.85. The normalized spacial score (nSPS) is 10.8. The molecule has 2 aromatic carbocycles. The van der Waals surface area contributed by atoms with Crippen LogP contribution in [0.1, 0.15) is 18.9 Å². The number of rotatable bonds is 5. The number of amides is 1. The highest BCUT2D eigenvalue weighted by atomic mass is 19.1. The van der Waals surface area contributed by atoms with Gasteiger partial charge in [0.1, 0.15) is 5.82 Å². The number of benzene rings is 2. The van der Waals surface area contributed by atoms with E-state index in [-0.39, 0.29) is 11.7 Å². The predicted molar refractivity (Wildman–Crippen MR) is 94.1 cm³/mol. The largest absolute Gasteiger partial charge is 0.356 e. The van der Waals surface area contributed by atoms with Gasteiger partial charge in [-0.25, -0.2) is 4.39 Å². The molecule has 122 valence electrons. The van der Waals surface area contributed by atoms with Crippen LogP contribution >= 0.6 is 0 Å². The van der Waals surface area contributed by atoms with Gasteiger partial charge in [-0.3, -0.25) is 9.78 Å². The third-order valence-electron chi connectivity index (χ3n) is 3.92. The zero-order chi connectivity index (χ0) is 16.9. The van der Waals surface area contributed by atoms with Crippen molar-refractivity contribution in [2.24, 2.45) is 0 Å². The molecule has 0 unspecified atom stereocenters. The molecular formula is C20H19FN2O. The number of aromatic nitrogens is 1. The third-order valence-corrected chi connectivity index (χ3v) is 3.92. The first-order valence-electron chi connectivity index (χ1n) is 8.07. The molecule has 1 N–H and O–H groups in total. The molecule has 3 rings (SSSR count). The highest BCUT2D eigenvalue weighted by molar-refractivity contribution is 5.84. The molecule has 3 nitrogen and oxygen atoms in total. The first kappa shape index (κ1) is 16.1. The lowest BCUT2D eigenvalue weighted by molar-refractivity contribution is -0.120. The van der Waals surface area contributed by atoms with Gasteiger partial charge in [-0.2, -0.15) is 0 Å². The standard InChI is InChI=1S/C20H19FN2O/c1-2-22-20(24)9-7-14-6-8-16-11-17(13-23-19(16)10-14)15-4-3-5-18(21)12-15/h3-6,8,10-13H,2,7,9H2,1H3,(H,22,24). The SMILES string of the molecule is CCNC(=O)CCc1ccc2cc(-c3cccc(F)c3)cnc2c1. The minimum atomic E-state index is -0.256. The van der Waals surface area contributed by atoms with Gasteiger partial charge in [0.2, 0.25) is 5.91 Å². The van der Waals surface area contributed by atoms with Gasteiger partial charge in [-0.1, -0.05) is 24.3 Å². The maximum absolute atomic E-state index is 13.4. The average Bonchev–Trinajstić information content (AvgIpc) is 2.59. The van der Waals surface area contributed by atoms with E-state index in [1.165, 1.54) is 12.1 Å². The van der Waals surface area contributed by atoms with Crippen molar-refractivity contribution in [3.63, 3.8) is 0 Å². The minimum absolute atomic E-state index is 0.0620. The Hall–Kier alpha value is -2.75. The molecule has 1 heterocycles. The summed E-state index contributed by atoms with van der Waals surface area (Å²) in [4.78, 5) is 16.0. The van der Waals surface area contributed by atoms with E-state index in [4.69, 9.17) is 0 Å². The topological polar surface area (TPSA) is 42.0 Å². The fourth-order valence-electron chi connectivity index (χ4n) is 2.69. The van der Waals surface area contributed by atoms with Gasteiger partial charge in [0.15, 0.2) is 0 Å². The molecule has 0 spiro atoms. The third kappa shape index (κ3) is 3.77. The van der Waals surface area contributed by atoms with Crippen LogP contribution in [-0.4, -0.2) is 17.4 Å². The van der Waals surface area contributed by atoms with Crippen LogP contribution in [0.5, 0.6) is 0 Å². The van der Waals surface area contributed by atoms with Crippen molar-refractivity contribution >= 4 is 16.8 Å². The molecule has 0 aliphatic rings. The Morgan fingerprint density at radius 2 is 2.00 bits per heavy atom. The molecular weight excluding hydrogens is 303 g/mol. The van der Waals surface area contributed by atoms with Crippen molar-refractivity contribution in [2.45, 2.75) is 19.8 Å². The first-order chi connectivity index (χ1) is 11.7. The van der Waals surface area contributed by atoms with Crippen molar-refractivity contribution in [3.05, 3.63) is 66.1 Å². The summed E-state index contributed by atoms with van der Waals surface area (Å²) in [6.07, 6.45) is 2.92. The summed E-state index contributed by atoms with van der Waals surface area (Å²) in [6, 6.07) is 14.5. The molecule has 0 saturated carbocycles. The monoisotopic (exact) mass is 322 g/mol. The Morgan fingerprint density at radius 3 is 2.79 bits per heavy atom. The summed E-state index contributed by atoms with van der Waals surface area (Å²) in [5.41, 5.74) is 3.66. The summed E-state index contributed by atoms with van der Waals surface area (Å²) in [5, 5.41) is 3.80. The summed E-state index contributed by atoms with van der Waals surface area (Å²) < 4.78 is 13.4. The van der Waals surface area contributed by atoms with Crippen LogP contribution in [0, 0.1) is 5.82 Å². The number of fused-ring (bicyclic) bond motifs is 1. The quantitative estimate of drug-likeness (QED) is 0.768. The lowest BCUT2D eigenvalue weighted by Gasteiger charge is -2.06.